The average Bonchev–Trinajstić information content (AvgIpc) is 3.19. The van der Waals surface area contributed by atoms with Crippen LogP contribution in [0.3, 0.4) is 0 Å². The van der Waals surface area contributed by atoms with Crippen LogP contribution in [-0.2, 0) is 11.3 Å². The molecule has 1 atom stereocenters. The van der Waals surface area contributed by atoms with Crippen molar-refractivity contribution >= 4 is 34.5 Å². The first-order chi connectivity index (χ1) is 13.7. The predicted octanol–water partition coefficient (Wildman–Crippen LogP) is 5.24. The fourth-order valence-corrected chi connectivity index (χ4v) is 3.86. The minimum Gasteiger partial charge on any atom is -0.377 e. The molecule has 5 nitrogen and oxygen atoms in total. The van der Waals surface area contributed by atoms with Gasteiger partial charge in [-0.25, -0.2) is 0 Å². The number of carbonyl (C=O) groups excluding carboxylic acids is 2. The van der Waals surface area contributed by atoms with Gasteiger partial charge in [-0.05, 0) is 54.5 Å². The minimum atomic E-state index is 0.0111. The Hall–Kier alpha value is -2.34. The van der Waals surface area contributed by atoms with E-state index >= 15 is 0 Å². The Morgan fingerprint density at radius 3 is 2.41 bits per heavy atom. The summed E-state index contributed by atoms with van der Waals surface area (Å²) in [5, 5.41) is 4.92. The summed E-state index contributed by atoms with van der Waals surface area (Å²) in [5.41, 5.74) is 2.82. The molecule has 1 aromatic carbocycles. The number of amides is 2. The number of hydrogen-bond acceptors (Lipinski definition) is 4. The lowest BCUT2D eigenvalue weighted by molar-refractivity contribution is -0.116. The van der Waals surface area contributed by atoms with Gasteiger partial charge in [-0.2, -0.15) is 0 Å². The van der Waals surface area contributed by atoms with Crippen molar-refractivity contribution in [1.29, 1.82) is 0 Å². The minimum absolute atomic E-state index is 0.0111. The van der Waals surface area contributed by atoms with Gasteiger partial charge in [0.1, 0.15) is 0 Å². The van der Waals surface area contributed by atoms with Gasteiger partial charge < -0.3 is 15.1 Å². The van der Waals surface area contributed by atoms with Crippen LogP contribution in [-0.4, -0.2) is 36.9 Å². The first kappa shape index (κ1) is 22.9. The highest BCUT2D eigenvalue weighted by Gasteiger charge is 2.23. The zero-order valence-electron chi connectivity index (χ0n) is 18.4. The lowest BCUT2D eigenvalue weighted by Crippen LogP contribution is -2.37. The van der Waals surface area contributed by atoms with Gasteiger partial charge in [0.05, 0.1) is 4.88 Å². The van der Waals surface area contributed by atoms with Crippen LogP contribution in [0.4, 0.5) is 11.4 Å². The standard InChI is InChI=1S/C23H33N3O2S/c1-7-17(4)26(23(28)21-9-8-12-29-21)15-18-14-19(10-11-20(18)25(5)6)24-22(27)13-16(2)3/h8-12,14,16-17H,7,13,15H2,1-6H3,(H,24,27). The molecule has 1 unspecified atom stereocenters. The molecule has 0 spiro atoms. The van der Waals surface area contributed by atoms with Gasteiger partial charge in [0.2, 0.25) is 5.91 Å². The maximum atomic E-state index is 13.1. The van der Waals surface area contributed by atoms with Crippen LogP contribution < -0.4 is 10.2 Å². The number of rotatable bonds is 9. The van der Waals surface area contributed by atoms with Gasteiger partial charge in [0, 0.05) is 44.5 Å². The second-order valence-corrected chi connectivity index (χ2v) is 9.00. The van der Waals surface area contributed by atoms with Gasteiger partial charge in [-0.15, -0.1) is 11.3 Å². The topological polar surface area (TPSA) is 52.7 Å². The van der Waals surface area contributed by atoms with Crippen molar-refractivity contribution in [1.82, 2.24) is 4.90 Å². The van der Waals surface area contributed by atoms with Crippen LogP contribution in [0.15, 0.2) is 35.7 Å². The largest absolute Gasteiger partial charge is 0.377 e. The third-order valence-electron chi connectivity index (χ3n) is 4.90. The molecule has 158 valence electrons. The zero-order valence-corrected chi connectivity index (χ0v) is 19.2. The summed E-state index contributed by atoms with van der Waals surface area (Å²) in [4.78, 5) is 30.1. The molecule has 2 aromatic rings. The first-order valence-electron chi connectivity index (χ1n) is 10.2. The summed E-state index contributed by atoms with van der Waals surface area (Å²) in [6, 6.07) is 9.81. The Kier molecular flexibility index (Phi) is 8.26. The molecule has 2 amide bonds. The summed E-state index contributed by atoms with van der Waals surface area (Å²) in [6.45, 7) is 8.72. The number of thiophene rings is 1. The Morgan fingerprint density at radius 2 is 1.86 bits per heavy atom. The maximum absolute atomic E-state index is 13.1. The molecule has 2 rings (SSSR count). The maximum Gasteiger partial charge on any atom is 0.264 e. The van der Waals surface area contributed by atoms with Crippen molar-refractivity contribution in [3.05, 3.63) is 46.2 Å². The van der Waals surface area contributed by atoms with E-state index in [2.05, 4.69) is 19.2 Å². The molecule has 0 saturated heterocycles. The monoisotopic (exact) mass is 415 g/mol. The van der Waals surface area contributed by atoms with Crippen LogP contribution in [0.5, 0.6) is 0 Å². The summed E-state index contributed by atoms with van der Waals surface area (Å²) in [7, 11) is 3.98. The number of hydrogen-bond donors (Lipinski definition) is 1. The van der Waals surface area contributed by atoms with Crippen molar-refractivity contribution in [2.45, 2.75) is 53.1 Å². The molecule has 1 N–H and O–H groups in total. The Balaban J connectivity index is 2.34. The van der Waals surface area contributed by atoms with Crippen LogP contribution in [0.25, 0.3) is 0 Å². The average molecular weight is 416 g/mol. The fourth-order valence-electron chi connectivity index (χ4n) is 3.18. The normalized spacial score (nSPS) is 12.0. The van der Waals surface area contributed by atoms with E-state index in [9.17, 15) is 9.59 Å². The van der Waals surface area contributed by atoms with Crippen molar-refractivity contribution < 1.29 is 9.59 Å². The van der Waals surface area contributed by atoms with Crippen LogP contribution in [0.1, 0.15) is 55.8 Å². The van der Waals surface area contributed by atoms with Crippen molar-refractivity contribution in [3.63, 3.8) is 0 Å². The number of anilines is 2. The van der Waals surface area contributed by atoms with Crippen LogP contribution in [0.2, 0.25) is 0 Å². The lowest BCUT2D eigenvalue weighted by Gasteiger charge is -2.30. The summed E-state index contributed by atoms with van der Waals surface area (Å²) in [6.07, 6.45) is 1.36. The molecular formula is C23H33N3O2S. The highest BCUT2D eigenvalue weighted by atomic mass is 32.1. The van der Waals surface area contributed by atoms with E-state index in [1.165, 1.54) is 11.3 Å². The number of nitrogens with zero attached hydrogens (tertiary/aromatic N) is 2. The van der Waals surface area contributed by atoms with Gasteiger partial charge >= 0.3 is 0 Å². The van der Waals surface area contributed by atoms with E-state index in [1.54, 1.807) is 0 Å². The highest BCUT2D eigenvalue weighted by molar-refractivity contribution is 7.12. The van der Waals surface area contributed by atoms with E-state index in [1.807, 2.05) is 73.5 Å². The SMILES string of the molecule is CCC(C)N(Cc1cc(NC(=O)CC(C)C)ccc1N(C)C)C(=O)c1cccs1. The lowest BCUT2D eigenvalue weighted by atomic mass is 10.1. The van der Waals surface area contributed by atoms with Crippen molar-refractivity contribution in [2.75, 3.05) is 24.3 Å². The number of benzene rings is 1. The van der Waals surface area contributed by atoms with E-state index in [0.717, 1.165) is 28.2 Å². The molecule has 0 saturated carbocycles. The second-order valence-electron chi connectivity index (χ2n) is 8.05. The summed E-state index contributed by atoms with van der Waals surface area (Å²) >= 11 is 1.47. The van der Waals surface area contributed by atoms with Gasteiger partial charge in [-0.1, -0.05) is 26.8 Å². The number of carbonyl (C=O) groups is 2. The van der Waals surface area contributed by atoms with Gasteiger partial charge in [0.25, 0.3) is 5.91 Å². The molecule has 1 aromatic heterocycles. The smallest absolute Gasteiger partial charge is 0.264 e. The summed E-state index contributed by atoms with van der Waals surface area (Å²) in [5.74, 6) is 0.366. The van der Waals surface area contributed by atoms with E-state index in [4.69, 9.17) is 0 Å². The van der Waals surface area contributed by atoms with Gasteiger partial charge in [0.15, 0.2) is 0 Å². The molecule has 0 aliphatic rings. The molecular weight excluding hydrogens is 382 g/mol. The molecule has 1 heterocycles. The van der Waals surface area contributed by atoms with E-state index in [0.29, 0.717) is 18.9 Å². The van der Waals surface area contributed by atoms with E-state index < -0.39 is 0 Å². The van der Waals surface area contributed by atoms with Crippen molar-refractivity contribution in [2.24, 2.45) is 5.92 Å². The third kappa shape index (κ3) is 6.32. The fraction of sp³-hybridized carbons (Fsp3) is 0.478. The van der Waals surface area contributed by atoms with Crippen molar-refractivity contribution in [3.8, 4) is 0 Å². The first-order valence-corrected chi connectivity index (χ1v) is 11.0. The Morgan fingerprint density at radius 1 is 1.14 bits per heavy atom. The molecule has 0 aliphatic heterocycles. The Labute approximate surface area is 178 Å². The Bertz CT molecular complexity index is 816. The summed E-state index contributed by atoms with van der Waals surface area (Å²) < 4.78 is 0. The molecule has 0 aliphatic carbocycles. The van der Waals surface area contributed by atoms with Gasteiger partial charge in [-0.3, -0.25) is 9.59 Å². The zero-order chi connectivity index (χ0) is 21.6. The molecule has 29 heavy (non-hydrogen) atoms. The second kappa shape index (κ2) is 10.4. The molecule has 0 radical (unpaired) electrons. The van der Waals surface area contributed by atoms with E-state index in [-0.39, 0.29) is 17.9 Å². The molecule has 0 bridgehead atoms. The quantitative estimate of drug-likeness (QED) is 0.609. The molecule has 0 fully saturated rings. The predicted molar refractivity (Wildman–Crippen MR) is 123 cm³/mol. The highest BCUT2D eigenvalue weighted by Crippen LogP contribution is 2.27. The van der Waals surface area contributed by atoms with Crippen LogP contribution in [0, 0.1) is 5.92 Å². The number of nitrogens with one attached hydrogen (secondary N) is 1. The molecule has 6 heteroatoms. The van der Waals surface area contributed by atoms with Crippen LogP contribution >= 0.6 is 11.3 Å². The third-order valence-corrected chi connectivity index (χ3v) is 5.75.